The van der Waals surface area contributed by atoms with E-state index in [2.05, 4.69) is 10.0 Å². The smallest absolute Gasteiger partial charge is 0.265 e. The molecule has 1 aromatic carbocycles. The summed E-state index contributed by atoms with van der Waals surface area (Å²) in [5.41, 5.74) is 7.03. The first-order chi connectivity index (χ1) is 11.5. The summed E-state index contributed by atoms with van der Waals surface area (Å²) in [6.07, 6.45) is 3.21. The summed E-state index contributed by atoms with van der Waals surface area (Å²) < 4.78 is 26.6. The Bertz CT molecular complexity index is 838. The summed E-state index contributed by atoms with van der Waals surface area (Å²) >= 11 is 1.51. The summed E-state index contributed by atoms with van der Waals surface area (Å²) in [5.74, 6) is -0.209. The van der Waals surface area contributed by atoms with Crippen molar-refractivity contribution in [1.29, 1.82) is 0 Å². The van der Waals surface area contributed by atoms with Crippen LogP contribution >= 0.6 is 11.3 Å². The van der Waals surface area contributed by atoms with Crippen molar-refractivity contribution >= 4 is 33.0 Å². The van der Waals surface area contributed by atoms with Gasteiger partial charge >= 0.3 is 0 Å². The van der Waals surface area contributed by atoms with Crippen LogP contribution in [0.25, 0.3) is 0 Å². The molecule has 0 atom stereocenters. The molecule has 0 radical (unpaired) electrons. The van der Waals surface area contributed by atoms with Crippen molar-refractivity contribution in [3.63, 3.8) is 0 Å². The second-order valence-electron chi connectivity index (χ2n) is 5.58. The summed E-state index contributed by atoms with van der Waals surface area (Å²) in [7, 11) is -3.62. The number of sulfonamides is 1. The monoisotopic (exact) mass is 365 g/mol. The van der Waals surface area contributed by atoms with Gasteiger partial charge in [0.1, 0.15) is 0 Å². The highest BCUT2D eigenvalue weighted by Crippen LogP contribution is 2.31. The van der Waals surface area contributed by atoms with Gasteiger partial charge in [-0.05, 0) is 49.1 Å². The van der Waals surface area contributed by atoms with E-state index in [0.717, 1.165) is 19.3 Å². The van der Waals surface area contributed by atoms with Crippen LogP contribution in [0.1, 0.15) is 26.5 Å². The number of nitrogens with two attached hydrogens (primary N) is 1. The van der Waals surface area contributed by atoms with Crippen molar-refractivity contribution in [2.45, 2.75) is 24.2 Å². The van der Waals surface area contributed by atoms with Crippen LogP contribution in [0.3, 0.4) is 0 Å². The molecular weight excluding hydrogens is 346 g/mol. The molecule has 0 saturated heterocycles. The molecule has 6 nitrogen and oxygen atoms in total. The van der Waals surface area contributed by atoms with Gasteiger partial charge in [0.25, 0.3) is 5.91 Å². The van der Waals surface area contributed by atoms with E-state index in [4.69, 9.17) is 5.73 Å². The zero-order chi connectivity index (χ0) is 17.2. The molecule has 0 spiro atoms. The number of aryl methyl sites for hydroxylation is 2. The van der Waals surface area contributed by atoms with E-state index >= 15 is 0 Å². The summed E-state index contributed by atoms with van der Waals surface area (Å²) in [6, 6.07) is 8.13. The molecule has 4 N–H and O–H groups in total. The minimum absolute atomic E-state index is 0.0995. The summed E-state index contributed by atoms with van der Waals surface area (Å²) in [4.78, 5) is 14.4. The predicted octanol–water partition coefficient (Wildman–Crippen LogP) is 1.73. The standard InChI is InChI=1S/C16H19N3O3S2/c17-7-8-18-24(21,22)13-5-2-4-12(10-13)19-16(20)15-9-11-3-1-6-14(11)23-15/h2,4-5,9-10,18H,1,3,6-8,17H2,(H,19,20). The molecule has 24 heavy (non-hydrogen) atoms. The number of hydrogen-bond donors (Lipinski definition) is 3. The summed E-state index contributed by atoms with van der Waals surface area (Å²) in [6.45, 7) is 0.387. The Morgan fingerprint density at radius 2 is 2.08 bits per heavy atom. The number of thiophene rings is 1. The van der Waals surface area contributed by atoms with E-state index < -0.39 is 10.0 Å². The largest absolute Gasteiger partial charge is 0.329 e. The Morgan fingerprint density at radius 1 is 1.25 bits per heavy atom. The van der Waals surface area contributed by atoms with Crippen molar-refractivity contribution in [3.05, 3.63) is 45.6 Å². The average molecular weight is 365 g/mol. The van der Waals surface area contributed by atoms with Crippen LogP contribution in [0.2, 0.25) is 0 Å². The molecule has 2 aromatic rings. The number of rotatable bonds is 6. The van der Waals surface area contributed by atoms with Crippen molar-refractivity contribution in [2.75, 3.05) is 18.4 Å². The Labute approximate surface area is 145 Å². The highest BCUT2D eigenvalue weighted by atomic mass is 32.2. The van der Waals surface area contributed by atoms with Crippen LogP contribution < -0.4 is 15.8 Å². The number of carbonyl (C=O) groups excluding carboxylic acids is 1. The van der Waals surface area contributed by atoms with Crippen LogP contribution in [0.15, 0.2) is 35.2 Å². The Kier molecular flexibility index (Phi) is 5.00. The summed E-state index contributed by atoms with van der Waals surface area (Å²) in [5, 5.41) is 2.77. The maximum atomic E-state index is 12.4. The molecule has 1 heterocycles. The number of amides is 1. The Morgan fingerprint density at radius 3 is 2.83 bits per heavy atom. The fourth-order valence-electron chi connectivity index (χ4n) is 2.65. The molecule has 0 saturated carbocycles. The van der Waals surface area contributed by atoms with Gasteiger partial charge in [0, 0.05) is 23.7 Å². The molecule has 0 bridgehead atoms. The fourth-order valence-corrected chi connectivity index (χ4v) is 4.89. The lowest BCUT2D eigenvalue weighted by atomic mass is 10.2. The Balaban J connectivity index is 1.75. The van der Waals surface area contributed by atoms with E-state index in [1.165, 1.54) is 33.9 Å². The third kappa shape index (κ3) is 3.67. The predicted molar refractivity (Wildman–Crippen MR) is 95.0 cm³/mol. The maximum absolute atomic E-state index is 12.4. The van der Waals surface area contributed by atoms with E-state index in [0.29, 0.717) is 10.6 Å². The van der Waals surface area contributed by atoms with Gasteiger partial charge in [-0.2, -0.15) is 0 Å². The quantitative estimate of drug-likeness (QED) is 0.725. The van der Waals surface area contributed by atoms with Crippen molar-refractivity contribution < 1.29 is 13.2 Å². The third-order valence-electron chi connectivity index (χ3n) is 3.81. The van der Waals surface area contributed by atoms with E-state index in [1.807, 2.05) is 6.07 Å². The van der Waals surface area contributed by atoms with E-state index in [-0.39, 0.29) is 23.9 Å². The van der Waals surface area contributed by atoms with E-state index in [9.17, 15) is 13.2 Å². The van der Waals surface area contributed by atoms with Gasteiger partial charge in [0.15, 0.2) is 0 Å². The molecule has 3 rings (SSSR count). The molecule has 0 fully saturated rings. The average Bonchev–Trinajstić information content (AvgIpc) is 3.15. The van der Waals surface area contributed by atoms with Crippen molar-refractivity contribution in [2.24, 2.45) is 5.73 Å². The number of hydrogen-bond acceptors (Lipinski definition) is 5. The lowest BCUT2D eigenvalue weighted by Crippen LogP contribution is -2.29. The number of anilines is 1. The zero-order valence-corrected chi connectivity index (χ0v) is 14.7. The van der Waals surface area contributed by atoms with Crippen LogP contribution in [0.5, 0.6) is 0 Å². The zero-order valence-electron chi connectivity index (χ0n) is 13.0. The molecular formula is C16H19N3O3S2. The molecule has 1 aromatic heterocycles. The number of benzene rings is 1. The highest BCUT2D eigenvalue weighted by Gasteiger charge is 2.19. The molecule has 0 unspecified atom stereocenters. The fraction of sp³-hybridized carbons (Fsp3) is 0.312. The first-order valence-electron chi connectivity index (χ1n) is 7.72. The SMILES string of the molecule is NCCNS(=O)(=O)c1cccc(NC(=O)c2cc3c(s2)CCC3)c1. The second kappa shape index (κ2) is 7.02. The Hall–Kier alpha value is -1.74. The van der Waals surface area contributed by atoms with Gasteiger partial charge in [-0.1, -0.05) is 6.07 Å². The molecule has 0 aliphatic heterocycles. The lowest BCUT2D eigenvalue weighted by molar-refractivity contribution is 0.103. The molecule has 1 amide bonds. The van der Waals surface area contributed by atoms with Crippen LogP contribution in [0, 0.1) is 0 Å². The third-order valence-corrected chi connectivity index (χ3v) is 6.50. The topological polar surface area (TPSA) is 101 Å². The van der Waals surface area contributed by atoms with Gasteiger partial charge in [-0.15, -0.1) is 11.3 Å². The first kappa shape index (κ1) is 17.1. The normalized spacial score (nSPS) is 13.7. The van der Waals surface area contributed by atoms with Gasteiger partial charge in [-0.3, -0.25) is 4.79 Å². The van der Waals surface area contributed by atoms with Crippen LogP contribution in [0.4, 0.5) is 5.69 Å². The van der Waals surface area contributed by atoms with Gasteiger partial charge in [-0.25, -0.2) is 13.1 Å². The van der Waals surface area contributed by atoms with Gasteiger partial charge < -0.3 is 11.1 Å². The second-order valence-corrected chi connectivity index (χ2v) is 8.48. The number of carbonyl (C=O) groups is 1. The van der Waals surface area contributed by atoms with E-state index in [1.54, 1.807) is 12.1 Å². The van der Waals surface area contributed by atoms with Crippen LogP contribution in [-0.4, -0.2) is 27.4 Å². The lowest BCUT2D eigenvalue weighted by Gasteiger charge is -2.08. The number of nitrogens with one attached hydrogen (secondary N) is 2. The molecule has 1 aliphatic rings. The number of fused-ring (bicyclic) bond motifs is 1. The minimum atomic E-state index is -3.62. The van der Waals surface area contributed by atoms with Crippen molar-refractivity contribution in [3.8, 4) is 0 Å². The molecule has 1 aliphatic carbocycles. The maximum Gasteiger partial charge on any atom is 0.265 e. The first-order valence-corrected chi connectivity index (χ1v) is 10.0. The van der Waals surface area contributed by atoms with Gasteiger partial charge in [0.05, 0.1) is 9.77 Å². The van der Waals surface area contributed by atoms with Crippen molar-refractivity contribution in [1.82, 2.24) is 4.72 Å². The van der Waals surface area contributed by atoms with Crippen LogP contribution in [-0.2, 0) is 22.9 Å². The van der Waals surface area contributed by atoms with Gasteiger partial charge in [0.2, 0.25) is 10.0 Å². The molecule has 8 heteroatoms. The highest BCUT2D eigenvalue weighted by molar-refractivity contribution is 7.89. The molecule has 128 valence electrons. The minimum Gasteiger partial charge on any atom is -0.329 e.